The van der Waals surface area contributed by atoms with Gasteiger partial charge in [-0.1, -0.05) is 12.1 Å². The first-order valence-corrected chi connectivity index (χ1v) is 8.03. The Kier molecular flexibility index (Phi) is 5.50. The van der Waals surface area contributed by atoms with Crippen molar-refractivity contribution in [2.75, 3.05) is 25.3 Å². The molecule has 0 aliphatic carbocycles. The summed E-state index contributed by atoms with van der Waals surface area (Å²) in [5, 5.41) is 2.91. The second kappa shape index (κ2) is 7.36. The van der Waals surface area contributed by atoms with Crippen molar-refractivity contribution in [1.82, 2.24) is 10.2 Å². The van der Waals surface area contributed by atoms with Crippen molar-refractivity contribution in [2.45, 2.75) is 19.4 Å². The highest BCUT2D eigenvalue weighted by atomic mass is 32.2. The Bertz CT molecular complexity index is 504. The predicted octanol–water partition coefficient (Wildman–Crippen LogP) is 1.28. The van der Waals surface area contributed by atoms with E-state index >= 15 is 0 Å². The van der Waals surface area contributed by atoms with Crippen LogP contribution in [-0.2, 0) is 16.0 Å². The summed E-state index contributed by atoms with van der Waals surface area (Å²) in [5.74, 6) is 1.99. The lowest BCUT2D eigenvalue weighted by Crippen LogP contribution is -2.46. The number of benzene rings is 1. The topological polar surface area (TPSA) is 58.6 Å². The number of rotatable bonds is 5. The summed E-state index contributed by atoms with van der Waals surface area (Å²) in [6.07, 6.45) is 0.760. The molecule has 1 aromatic rings. The van der Waals surface area contributed by atoms with Crippen molar-refractivity contribution in [1.29, 1.82) is 0 Å². The van der Waals surface area contributed by atoms with Gasteiger partial charge in [-0.15, -0.1) is 11.8 Å². The van der Waals surface area contributed by atoms with Gasteiger partial charge in [0.05, 0.1) is 13.0 Å². The molecule has 6 heteroatoms. The van der Waals surface area contributed by atoms with E-state index in [1.54, 1.807) is 23.8 Å². The van der Waals surface area contributed by atoms with Gasteiger partial charge in [-0.25, -0.2) is 0 Å². The maximum Gasteiger partial charge on any atom is 0.243 e. The molecule has 0 bridgehead atoms. The molecule has 5 nitrogen and oxygen atoms in total. The molecule has 1 aliphatic heterocycles. The van der Waals surface area contributed by atoms with Crippen LogP contribution in [-0.4, -0.2) is 48.0 Å². The molecule has 1 heterocycles. The molecule has 0 spiro atoms. The van der Waals surface area contributed by atoms with Crippen LogP contribution in [0.15, 0.2) is 24.3 Å². The predicted molar refractivity (Wildman–Crippen MR) is 83.3 cm³/mol. The van der Waals surface area contributed by atoms with Crippen LogP contribution in [0.25, 0.3) is 0 Å². The van der Waals surface area contributed by atoms with Gasteiger partial charge in [0.25, 0.3) is 0 Å². The summed E-state index contributed by atoms with van der Waals surface area (Å²) in [4.78, 5) is 25.2. The second-order valence-electron chi connectivity index (χ2n) is 4.89. The number of hydrogen-bond donors (Lipinski definition) is 1. The van der Waals surface area contributed by atoms with Gasteiger partial charge in [-0.3, -0.25) is 9.59 Å². The Balaban J connectivity index is 1.79. The van der Waals surface area contributed by atoms with Gasteiger partial charge in [0.2, 0.25) is 11.8 Å². The van der Waals surface area contributed by atoms with E-state index in [9.17, 15) is 9.59 Å². The van der Waals surface area contributed by atoms with Gasteiger partial charge >= 0.3 is 0 Å². The summed E-state index contributed by atoms with van der Waals surface area (Å²) in [6.45, 7) is 2.07. The van der Waals surface area contributed by atoms with E-state index in [-0.39, 0.29) is 17.9 Å². The Morgan fingerprint density at radius 1 is 1.38 bits per heavy atom. The van der Waals surface area contributed by atoms with E-state index in [4.69, 9.17) is 4.74 Å². The van der Waals surface area contributed by atoms with E-state index in [1.807, 2.05) is 24.3 Å². The van der Waals surface area contributed by atoms with Gasteiger partial charge in [0.1, 0.15) is 11.8 Å². The van der Waals surface area contributed by atoms with Crippen LogP contribution in [0.2, 0.25) is 0 Å². The van der Waals surface area contributed by atoms with Crippen molar-refractivity contribution >= 4 is 23.6 Å². The minimum atomic E-state index is -0.330. The summed E-state index contributed by atoms with van der Waals surface area (Å²) >= 11 is 1.61. The van der Waals surface area contributed by atoms with E-state index in [1.165, 1.54) is 6.92 Å². The van der Waals surface area contributed by atoms with Crippen LogP contribution in [0.1, 0.15) is 12.5 Å². The molecule has 0 saturated carbocycles. The molecule has 1 atom stereocenters. The Morgan fingerprint density at radius 3 is 2.71 bits per heavy atom. The Labute approximate surface area is 129 Å². The molecular formula is C15H20N2O3S. The largest absolute Gasteiger partial charge is 0.497 e. The van der Waals surface area contributed by atoms with Crippen molar-refractivity contribution < 1.29 is 14.3 Å². The molecule has 1 N–H and O–H groups in total. The summed E-state index contributed by atoms with van der Waals surface area (Å²) in [6, 6.07) is 7.45. The first-order chi connectivity index (χ1) is 10.1. The molecule has 2 rings (SSSR count). The fraction of sp³-hybridized carbons (Fsp3) is 0.467. The number of ether oxygens (including phenoxy) is 1. The normalized spacial score (nSPS) is 17.6. The third-order valence-corrected chi connectivity index (χ3v) is 4.47. The Hall–Kier alpha value is -1.69. The van der Waals surface area contributed by atoms with Gasteiger partial charge in [0.15, 0.2) is 0 Å². The molecule has 0 aromatic heterocycles. The first-order valence-electron chi connectivity index (χ1n) is 6.87. The van der Waals surface area contributed by atoms with Crippen LogP contribution in [0.5, 0.6) is 5.75 Å². The van der Waals surface area contributed by atoms with Crippen molar-refractivity contribution in [2.24, 2.45) is 0 Å². The van der Waals surface area contributed by atoms with Crippen molar-refractivity contribution in [3.63, 3.8) is 0 Å². The molecule has 1 aromatic carbocycles. The summed E-state index contributed by atoms with van der Waals surface area (Å²) < 4.78 is 5.10. The maximum absolute atomic E-state index is 12.1. The van der Waals surface area contributed by atoms with Crippen LogP contribution in [0, 0.1) is 0 Å². The lowest BCUT2D eigenvalue weighted by atomic mass is 10.1. The zero-order valence-electron chi connectivity index (χ0n) is 12.3. The molecule has 1 aliphatic rings. The summed E-state index contributed by atoms with van der Waals surface area (Å²) in [7, 11) is 1.63. The number of nitrogens with zero attached hydrogens (tertiary/aromatic N) is 1. The lowest BCUT2D eigenvalue weighted by molar-refractivity contribution is -0.136. The zero-order chi connectivity index (χ0) is 15.2. The van der Waals surface area contributed by atoms with Crippen LogP contribution in [0.4, 0.5) is 0 Å². The average Bonchev–Trinajstić information content (AvgIpc) is 2.97. The second-order valence-corrected chi connectivity index (χ2v) is 5.89. The van der Waals surface area contributed by atoms with Gasteiger partial charge in [-0.05, 0) is 24.1 Å². The van der Waals surface area contributed by atoms with Crippen molar-refractivity contribution in [3.05, 3.63) is 29.8 Å². The number of carbonyl (C=O) groups excluding carboxylic acids is 2. The SMILES string of the molecule is COc1ccc(CCNC(=O)[C@@H]2CSCN2C(C)=O)cc1. The zero-order valence-corrected chi connectivity index (χ0v) is 13.1. The van der Waals surface area contributed by atoms with Gasteiger partial charge in [0, 0.05) is 19.2 Å². The summed E-state index contributed by atoms with van der Waals surface area (Å²) in [5.41, 5.74) is 1.14. The first kappa shape index (κ1) is 15.7. The molecule has 1 saturated heterocycles. The highest BCUT2D eigenvalue weighted by Gasteiger charge is 2.32. The third kappa shape index (κ3) is 4.14. The number of methoxy groups -OCH3 is 1. The molecule has 21 heavy (non-hydrogen) atoms. The highest BCUT2D eigenvalue weighted by Crippen LogP contribution is 2.20. The van der Waals surface area contributed by atoms with E-state index in [0.29, 0.717) is 18.2 Å². The molecule has 0 unspecified atom stereocenters. The molecule has 2 amide bonds. The van der Waals surface area contributed by atoms with Crippen LogP contribution >= 0.6 is 11.8 Å². The lowest BCUT2D eigenvalue weighted by Gasteiger charge is -2.21. The quantitative estimate of drug-likeness (QED) is 0.890. The standard InChI is InChI=1S/C15H20N2O3S/c1-11(18)17-10-21-9-14(17)15(19)16-8-7-12-3-5-13(20-2)6-4-12/h3-6,14H,7-10H2,1-2H3,(H,16,19)/t14-/m0/s1. The van der Waals surface area contributed by atoms with E-state index in [0.717, 1.165) is 17.7 Å². The van der Waals surface area contributed by atoms with Gasteiger partial charge in [-0.2, -0.15) is 0 Å². The number of nitrogens with one attached hydrogen (secondary N) is 1. The highest BCUT2D eigenvalue weighted by molar-refractivity contribution is 7.99. The maximum atomic E-state index is 12.1. The smallest absolute Gasteiger partial charge is 0.243 e. The monoisotopic (exact) mass is 308 g/mol. The molecule has 1 fully saturated rings. The van der Waals surface area contributed by atoms with E-state index in [2.05, 4.69) is 5.32 Å². The van der Waals surface area contributed by atoms with Gasteiger partial charge < -0.3 is 15.0 Å². The Morgan fingerprint density at radius 2 is 2.10 bits per heavy atom. The molecule has 114 valence electrons. The molecule has 0 radical (unpaired) electrons. The van der Waals surface area contributed by atoms with Crippen molar-refractivity contribution in [3.8, 4) is 5.75 Å². The number of hydrogen-bond acceptors (Lipinski definition) is 4. The number of thioether (sulfide) groups is 1. The fourth-order valence-electron chi connectivity index (χ4n) is 2.21. The minimum absolute atomic E-state index is 0.0460. The van der Waals surface area contributed by atoms with E-state index < -0.39 is 0 Å². The average molecular weight is 308 g/mol. The van der Waals surface area contributed by atoms with Crippen LogP contribution in [0.3, 0.4) is 0 Å². The third-order valence-electron chi connectivity index (χ3n) is 3.46. The minimum Gasteiger partial charge on any atom is -0.497 e. The van der Waals surface area contributed by atoms with Crippen LogP contribution < -0.4 is 10.1 Å². The molecular weight excluding hydrogens is 288 g/mol. The fourth-order valence-corrected chi connectivity index (χ4v) is 3.43. The number of amides is 2. The number of carbonyl (C=O) groups is 2.